The van der Waals surface area contributed by atoms with Crippen molar-refractivity contribution in [2.75, 3.05) is 24.7 Å². The fourth-order valence-electron chi connectivity index (χ4n) is 1.58. The minimum absolute atomic E-state index is 0.306. The van der Waals surface area contributed by atoms with Crippen LogP contribution in [-0.2, 0) is 14.3 Å². The Balaban J connectivity index is 2.07. The summed E-state index contributed by atoms with van der Waals surface area (Å²) in [6.45, 7) is 3.05. The Hall–Kier alpha value is -0.260. The molecule has 2 unspecified atom stereocenters. The molecule has 1 aliphatic rings. The van der Waals surface area contributed by atoms with E-state index in [0.29, 0.717) is 18.5 Å². The lowest BCUT2D eigenvalue weighted by atomic mass is 10.1. The molecule has 0 spiro atoms. The fourth-order valence-corrected chi connectivity index (χ4v) is 2.63. The first-order chi connectivity index (χ1) is 7.74. The molecule has 0 aromatic carbocycles. The molecule has 2 atom stereocenters. The highest BCUT2D eigenvalue weighted by Crippen LogP contribution is 2.17. The molecule has 1 rings (SSSR count). The summed E-state index contributed by atoms with van der Waals surface area (Å²) in [4.78, 5) is 11.2. The molecule has 0 radical (unpaired) electrons. The van der Waals surface area contributed by atoms with Gasteiger partial charge in [0.25, 0.3) is 0 Å². The number of hydrogen-bond donors (Lipinski definition) is 1. The van der Waals surface area contributed by atoms with Crippen molar-refractivity contribution >= 4 is 17.7 Å². The summed E-state index contributed by atoms with van der Waals surface area (Å²) in [5.41, 5.74) is 5.68. The third kappa shape index (κ3) is 5.18. The van der Waals surface area contributed by atoms with Crippen molar-refractivity contribution in [1.82, 2.24) is 0 Å². The molecule has 4 nitrogen and oxygen atoms in total. The largest absolute Gasteiger partial charge is 0.465 e. The number of carbonyl (C=O) groups excluding carboxylic acids is 1. The zero-order valence-electron chi connectivity index (χ0n) is 9.81. The first kappa shape index (κ1) is 13.8. The van der Waals surface area contributed by atoms with E-state index in [1.807, 2.05) is 0 Å². The van der Waals surface area contributed by atoms with Crippen molar-refractivity contribution in [3.8, 4) is 0 Å². The smallest absolute Gasteiger partial charge is 0.323 e. The van der Waals surface area contributed by atoms with Crippen LogP contribution in [-0.4, -0.2) is 42.8 Å². The standard InChI is InChI=1S/C11H21NO3S/c1-2-14-11(13)10(12)8-16-7-9-5-3-4-6-15-9/h9-10H,2-8,12H2,1H3. The molecule has 1 fully saturated rings. The molecule has 0 saturated carbocycles. The van der Waals surface area contributed by atoms with Crippen LogP contribution in [0.25, 0.3) is 0 Å². The summed E-state index contributed by atoms with van der Waals surface area (Å²) in [6.07, 6.45) is 3.88. The van der Waals surface area contributed by atoms with Crippen LogP contribution in [0.4, 0.5) is 0 Å². The molecule has 1 aliphatic heterocycles. The molecule has 1 saturated heterocycles. The van der Waals surface area contributed by atoms with Crippen molar-refractivity contribution in [3.05, 3.63) is 0 Å². The second-order valence-electron chi connectivity index (χ2n) is 3.88. The van der Waals surface area contributed by atoms with Gasteiger partial charge in [-0.2, -0.15) is 11.8 Å². The van der Waals surface area contributed by atoms with Crippen molar-refractivity contribution < 1.29 is 14.3 Å². The van der Waals surface area contributed by atoms with E-state index in [2.05, 4.69) is 0 Å². The highest BCUT2D eigenvalue weighted by atomic mass is 32.2. The Morgan fingerprint density at radius 1 is 1.62 bits per heavy atom. The van der Waals surface area contributed by atoms with Gasteiger partial charge in [0.1, 0.15) is 6.04 Å². The number of hydrogen-bond acceptors (Lipinski definition) is 5. The highest BCUT2D eigenvalue weighted by Gasteiger charge is 2.17. The van der Waals surface area contributed by atoms with Gasteiger partial charge in [0, 0.05) is 18.1 Å². The summed E-state index contributed by atoms with van der Waals surface area (Å²) in [5.74, 6) is 1.23. The van der Waals surface area contributed by atoms with Gasteiger partial charge in [0.2, 0.25) is 0 Å². The summed E-state index contributed by atoms with van der Waals surface area (Å²) in [5, 5.41) is 0. The molecule has 0 aromatic rings. The monoisotopic (exact) mass is 247 g/mol. The van der Waals surface area contributed by atoms with E-state index in [9.17, 15) is 4.79 Å². The molecule has 1 heterocycles. The van der Waals surface area contributed by atoms with Gasteiger partial charge in [-0.25, -0.2) is 0 Å². The molecular formula is C11H21NO3S. The van der Waals surface area contributed by atoms with Crippen molar-refractivity contribution in [2.24, 2.45) is 5.73 Å². The lowest BCUT2D eigenvalue weighted by Crippen LogP contribution is -2.35. The van der Waals surface area contributed by atoms with E-state index in [-0.39, 0.29) is 5.97 Å². The molecule has 0 aliphatic carbocycles. The maximum absolute atomic E-state index is 11.2. The summed E-state index contributed by atoms with van der Waals surface area (Å²) in [6, 6.07) is -0.506. The number of carbonyl (C=O) groups is 1. The average Bonchev–Trinajstić information content (AvgIpc) is 2.30. The normalized spacial score (nSPS) is 22.8. The van der Waals surface area contributed by atoms with Gasteiger partial charge in [-0.15, -0.1) is 0 Å². The Morgan fingerprint density at radius 3 is 3.06 bits per heavy atom. The molecule has 0 bridgehead atoms. The van der Waals surface area contributed by atoms with Crippen LogP contribution in [0, 0.1) is 0 Å². The Morgan fingerprint density at radius 2 is 2.44 bits per heavy atom. The number of ether oxygens (including phenoxy) is 2. The number of esters is 1. The Labute approximate surface area is 101 Å². The predicted octanol–water partition coefficient (Wildman–Crippen LogP) is 1.18. The highest BCUT2D eigenvalue weighted by molar-refractivity contribution is 7.99. The molecular weight excluding hydrogens is 226 g/mol. The Kier molecular flexibility index (Phi) is 6.84. The summed E-state index contributed by atoms with van der Waals surface area (Å²) >= 11 is 1.67. The van der Waals surface area contributed by atoms with Crippen LogP contribution in [0.5, 0.6) is 0 Å². The van der Waals surface area contributed by atoms with Crippen LogP contribution < -0.4 is 5.73 Å². The maximum atomic E-state index is 11.2. The summed E-state index contributed by atoms with van der Waals surface area (Å²) < 4.78 is 10.4. The molecule has 5 heteroatoms. The molecule has 0 aromatic heterocycles. The minimum atomic E-state index is -0.506. The van der Waals surface area contributed by atoms with Crippen LogP contribution >= 0.6 is 11.8 Å². The molecule has 2 N–H and O–H groups in total. The topological polar surface area (TPSA) is 61.5 Å². The van der Waals surface area contributed by atoms with Gasteiger partial charge in [-0.3, -0.25) is 4.79 Å². The number of thioether (sulfide) groups is 1. The van der Waals surface area contributed by atoms with Gasteiger partial charge in [-0.1, -0.05) is 0 Å². The quantitative estimate of drug-likeness (QED) is 0.714. The average molecular weight is 247 g/mol. The first-order valence-electron chi connectivity index (χ1n) is 5.85. The fraction of sp³-hybridized carbons (Fsp3) is 0.909. The second-order valence-corrected chi connectivity index (χ2v) is 4.96. The summed E-state index contributed by atoms with van der Waals surface area (Å²) in [7, 11) is 0. The second kappa shape index (κ2) is 7.92. The van der Waals surface area contributed by atoms with Crippen LogP contribution in [0.1, 0.15) is 26.2 Å². The molecule has 94 valence electrons. The lowest BCUT2D eigenvalue weighted by Gasteiger charge is -2.22. The van der Waals surface area contributed by atoms with Crippen LogP contribution in [0.2, 0.25) is 0 Å². The Bertz CT molecular complexity index is 207. The van der Waals surface area contributed by atoms with Crippen molar-refractivity contribution in [2.45, 2.75) is 38.3 Å². The number of rotatable bonds is 6. The van der Waals surface area contributed by atoms with Gasteiger partial charge in [0.15, 0.2) is 0 Å². The zero-order valence-corrected chi connectivity index (χ0v) is 10.6. The van der Waals surface area contributed by atoms with E-state index >= 15 is 0 Å². The van der Waals surface area contributed by atoms with E-state index in [4.69, 9.17) is 15.2 Å². The van der Waals surface area contributed by atoms with Crippen molar-refractivity contribution in [1.29, 1.82) is 0 Å². The van der Waals surface area contributed by atoms with E-state index in [0.717, 1.165) is 18.8 Å². The van der Waals surface area contributed by atoms with Crippen LogP contribution in [0.3, 0.4) is 0 Å². The minimum Gasteiger partial charge on any atom is -0.465 e. The van der Waals surface area contributed by atoms with E-state index in [1.54, 1.807) is 18.7 Å². The van der Waals surface area contributed by atoms with E-state index in [1.165, 1.54) is 12.8 Å². The van der Waals surface area contributed by atoms with E-state index < -0.39 is 6.04 Å². The van der Waals surface area contributed by atoms with Crippen LogP contribution in [0.15, 0.2) is 0 Å². The first-order valence-corrected chi connectivity index (χ1v) is 7.01. The molecule has 0 amide bonds. The third-order valence-electron chi connectivity index (χ3n) is 2.46. The number of nitrogens with two attached hydrogens (primary N) is 1. The van der Waals surface area contributed by atoms with Gasteiger partial charge < -0.3 is 15.2 Å². The van der Waals surface area contributed by atoms with Gasteiger partial charge in [0.05, 0.1) is 12.7 Å². The zero-order chi connectivity index (χ0) is 11.8. The predicted molar refractivity (Wildman–Crippen MR) is 65.5 cm³/mol. The van der Waals surface area contributed by atoms with Crippen molar-refractivity contribution in [3.63, 3.8) is 0 Å². The maximum Gasteiger partial charge on any atom is 0.323 e. The SMILES string of the molecule is CCOC(=O)C(N)CSCC1CCCCO1. The third-order valence-corrected chi connectivity index (χ3v) is 3.67. The molecule has 16 heavy (non-hydrogen) atoms. The van der Waals surface area contributed by atoms with Gasteiger partial charge >= 0.3 is 5.97 Å². The van der Waals surface area contributed by atoms with Gasteiger partial charge in [-0.05, 0) is 26.2 Å². The lowest BCUT2D eigenvalue weighted by molar-refractivity contribution is -0.144.